The zero-order chi connectivity index (χ0) is 27.0. The second kappa shape index (κ2) is 9.97. The third-order valence-electron chi connectivity index (χ3n) is 6.40. The number of aromatic amines is 1. The third kappa shape index (κ3) is 4.80. The first-order valence-electron chi connectivity index (χ1n) is 11.9. The number of benzene rings is 3. The van der Waals surface area contributed by atoms with E-state index in [1.807, 2.05) is 41.9 Å². The Morgan fingerprint density at radius 3 is 2.50 bits per heavy atom. The first kappa shape index (κ1) is 24.9. The van der Waals surface area contributed by atoms with Crippen molar-refractivity contribution in [3.63, 3.8) is 0 Å². The average molecular weight is 517 g/mol. The Morgan fingerprint density at radius 1 is 1.03 bits per heavy atom. The molecule has 0 fully saturated rings. The highest BCUT2D eigenvalue weighted by molar-refractivity contribution is 6.00. The molecule has 0 spiro atoms. The standard InChI is InChI=1S/C28H26F2N6O2/c1-15-11-19(32-28(37)34-25-16(2)12-22(29)17(3)24(25)30)7-10-21(15)26-33-23-13-31-36(27(23)35-26)14-18-5-8-20(38-4)9-6-18/h5-13H,14H2,1-4H3,(H,33,35)(H2,32,34,37). The molecule has 5 rings (SSSR count). The molecule has 0 radical (unpaired) electrons. The number of amides is 2. The molecule has 0 atom stereocenters. The summed E-state index contributed by atoms with van der Waals surface area (Å²) in [5.41, 5.74) is 4.93. The number of hydrogen-bond donors (Lipinski definition) is 3. The van der Waals surface area contributed by atoms with Crippen LogP contribution in [0.25, 0.3) is 22.6 Å². The second-order valence-electron chi connectivity index (χ2n) is 9.07. The Hall–Kier alpha value is -4.73. The van der Waals surface area contributed by atoms with Gasteiger partial charge in [0.05, 0.1) is 25.5 Å². The van der Waals surface area contributed by atoms with Crippen LogP contribution in [0, 0.1) is 32.4 Å². The molecule has 10 heteroatoms. The van der Waals surface area contributed by atoms with Crippen LogP contribution in [-0.4, -0.2) is 32.9 Å². The predicted molar refractivity (Wildman–Crippen MR) is 143 cm³/mol. The molecule has 0 aliphatic rings. The van der Waals surface area contributed by atoms with E-state index in [1.54, 1.807) is 25.4 Å². The van der Waals surface area contributed by atoms with Crippen molar-refractivity contribution in [2.24, 2.45) is 0 Å². The molecule has 0 saturated heterocycles. The summed E-state index contributed by atoms with van der Waals surface area (Å²) in [5, 5.41) is 9.62. The minimum Gasteiger partial charge on any atom is -0.497 e. The first-order valence-corrected chi connectivity index (χ1v) is 11.9. The SMILES string of the molecule is COc1ccc(Cn2ncc3[nH]c(-c4ccc(NC(=O)Nc5c(C)cc(F)c(C)c5F)cc4C)nc32)cc1. The smallest absolute Gasteiger partial charge is 0.323 e. The van der Waals surface area contributed by atoms with E-state index in [0.717, 1.165) is 33.6 Å². The van der Waals surface area contributed by atoms with Crippen LogP contribution >= 0.6 is 0 Å². The number of carbonyl (C=O) groups is 1. The largest absolute Gasteiger partial charge is 0.497 e. The number of anilines is 2. The molecule has 38 heavy (non-hydrogen) atoms. The van der Waals surface area contributed by atoms with Gasteiger partial charge in [0.25, 0.3) is 0 Å². The molecule has 2 heterocycles. The minimum absolute atomic E-state index is 0.0549. The number of methoxy groups -OCH3 is 1. The van der Waals surface area contributed by atoms with Gasteiger partial charge in [-0.15, -0.1) is 0 Å². The van der Waals surface area contributed by atoms with Crippen LogP contribution in [0.4, 0.5) is 25.0 Å². The summed E-state index contributed by atoms with van der Waals surface area (Å²) in [6, 6.07) is 13.7. The van der Waals surface area contributed by atoms with Gasteiger partial charge in [0.15, 0.2) is 11.5 Å². The molecule has 0 aliphatic carbocycles. The number of hydrogen-bond acceptors (Lipinski definition) is 4. The maximum atomic E-state index is 14.5. The van der Waals surface area contributed by atoms with Crippen LogP contribution in [0.15, 0.2) is 54.7 Å². The van der Waals surface area contributed by atoms with Crippen molar-refractivity contribution < 1.29 is 18.3 Å². The Bertz CT molecular complexity index is 1660. The van der Waals surface area contributed by atoms with Gasteiger partial charge in [-0.1, -0.05) is 12.1 Å². The van der Waals surface area contributed by atoms with Gasteiger partial charge in [-0.25, -0.2) is 23.2 Å². The van der Waals surface area contributed by atoms with Crippen LogP contribution in [-0.2, 0) is 6.54 Å². The quantitative estimate of drug-likeness (QED) is 0.246. The molecular formula is C28H26F2N6O2. The number of urea groups is 1. The van der Waals surface area contributed by atoms with Crippen molar-refractivity contribution in [2.75, 3.05) is 17.7 Å². The van der Waals surface area contributed by atoms with Gasteiger partial charge in [-0.2, -0.15) is 5.10 Å². The van der Waals surface area contributed by atoms with E-state index in [4.69, 9.17) is 9.72 Å². The Balaban J connectivity index is 1.32. The lowest BCUT2D eigenvalue weighted by Gasteiger charge is -2.13. The molecule has 0 bridgehead atoms. The molecule has 3 aromatic carbocycles. The van der Waals surface area contributed by atoms with Crippen molar-refractivity contribution in [3.05, 3.63) is 88.6 Å². The predicted octanol–water partition coefficient (Wildman–Crippen LogP) is 6.33. The van der Waals surface area contributed by atoms with E-state index in [9.17, 15) is 13.6 Å². The normalized spacial score (nSPS) is 11.1. The fraction of sp³-hybridized carbons (Fsp3) is 0.179. The van der Waals surface area contributed by atoms with E-state index in [0.29, 0.717) is 23.6 Å². The lowest BCUT2D eigenvalue weighted by molar-refractivity contribution is 0.262. The fourth-order valence-electron chi connectivity index (χ4n) is 4.27. The monoisotopic (exact) mass is 516 g/mol. The second-order valence-corrected chi connectivity index (χ2v) is 9.07. The highest BCUT2D eigenvalue weighted by Crippen LogP contribution is 2.28. The lowest BCUT2D eigenvalue weighted by atomic mass is 10.1. The molecule has 0 unspecified atom stereocenters. The van der Waals surface area contributed by atoms with Crippen molar-refractivity contribution in [1.29, 1.82) is 0 Å². The molecule has 8 nitrogen and oxygen atoms in total. The van der Waals surface area contributed by atoms with E-state index in [1.165, 1.54) is 19.9 Å². The number of nitrogens with zero attached hydrogens (tertiary/aromatic N) is 3. The van der Waals surface area contributed by atoms with Crippen molar-refractivity contribution in [2.45, 2.75) is 27.3 Å². The van der Waals surface area contributed by atoms with Crippen LogP contribution in [0.5, 0.6) is 5.75 Å². The van der Waals surface area contributed by atoms with E-state index in [2.05, 4.69) is 20.7 Å². The average Bonchev–Trinajstić information content (AvgIpc) is 3.47. The number of carbonyl (C=O) groups excluding carboxylic acids is 1. The summed E-state index contributed by atoms with van der Waals surface area (Å²) in [4.78, 5) is 20.6. The topological polar surface area (TPSA) is 96.9 Å². The molecule has 5 aromatic rings. The maximum Gasteiger partial charge on any atom is 0.323 e. The van der Waals surface area contributed by atoms with Gasteiger partial charge < -0.3 is 20.4 Å². The number of H-pyrrole nitrogens is 1. The summed E-state index contributed by atoms with van der Waals surface area (Å²) >= 11 is 0. The van der Waals surface area contributed by atoms with E-state index < -0.39 is 17.7 Å². The highest BCUT2D eigenvalue weighted by atomic mass is 19.1. The van der Waals surface area contributed by atoms with Crippen molar-refractivity contribution >= 4 is 28.6 Å². The molecule has 0 aliphatic heterocycles. The molecule has 2 aromatic heterocycles. The molecule has 2 amide bonds. The molecule has 3 N–H and O–H groups in total. The number of rotatable bonds is 6. The number of fused-ring (bicyclic) bond motifs is 1. The number of aryl methyl sites for hydroxylation is 2. The Labute approximate surface area is 217 Å². The first-order chi connectivity index (χ1) is 18.2. The third-order valence-corrected chi connectivity index (χ3v) is 6.40. The van der Waals surface area contributed by atoms with Gasteiger partial charge >= 0.3 is 6.03 Å². The van der Waals surface area contributed by atoms with Gasteiger partial charge in [0, 0.05) is 16.8 Å². The number of aromatic nitrogens is 4. The zero-order valence-corrected chi connectivity index (χ0v) is 21.3. The van der Waals surface area contributed by atoms with Gasteiger partial charge in [0.1, 0.15) is 22.9 Å². The summed E-state index contributed by atoms with van der Waals surface area (Å²) in [6.45, 7) is 5.32. The number of nitrogens with one attached hydrogen (secondary N) is 3. The van der Waals surface area contributed by atoms with Crippen LogP contribution in [0.2, 0.25) is 0 Å². The van der Waals surface area contributed by atoms with Gasteiger partial charge in [0.2, 0.25) is 0 Å². The van der Waals surface area contributed by atoms with Crippen molar-refractivity contribution in [3.8, 4) is 17.1 Å². The lowest BCUT2D eigenvalue weighted by Crippen LogP contribution is -2.21. The number of halogens is 2. The fourth-order valence-corrected chi connectivity index (χ4v) is 4.27. The minimum atomic E-state index is -0.792. The summed E-state index contributed by atoms with van der Waals surface area (Å²) in [6.07, 6.45) is 1.74. The summed E-state index contributed by atoms with van der Waals surface area (Å²) < 4.78 is 35.2. The van der Waals surface area contributed by atoms with Crippen LogP contribution in [0.1, 0.15) is 22.3 Å². The molecular weight excluding hydrogens is 490 g/mol. The van der Waals surface area contributed by atoms with Crippen LogP contribution in [0.3, 0.4) is 0 Å². The van der Waals surface area contributed by atoms with Crippen LogP contribution < -0.4 is 15.4 Å². The highest BCUT2D eigenvalue weighted by Gasteiger charge is 2.17. The van der Waals surface area contributed by atoms with Gasteiger partial charge in [-0.3, -0.25) is 0 Å². The van der Waals surface area contributed by atoms with Crippen molar-refractivity contribution in [1.82, 2.24) is 19.7 Å². The zero-order valence-electron chi connectivity index (χ0n) is 21.3. The number of ether oxygens (including phenoxy) is 1. The summed E-state index contributed by atoms with van der Waals surface area (Å²) in [5.74, 6) is 0.0184. The van der Waals surface area contributed by atoms with E-state index in [-0.39, 0.29) is 11.3 Å². The molecule has 0 saturated carbocycles. The number of imidazole rings is 1. The summed E-state index contributed by atoms with van der Waals surface area (Å²) in [7, 11) is 1.63. The Morgan fingerprint density at radius 2 is 1.79 bits per heavy atom. The van der Waals surface area contributed by atoms with E-state index >= 15 is 0 Å². The maximum absolute atomic E-state index is 14.5. The molecule has 194 valence electrons. The van der Waals surface area contributed by atoms with Gasteiger partial charge in [-0.05, 0) is 73.9 Å². The Kier molecular flexibility index (Phi) is 6.54.